The first kappa shape index (κ1) is 12.2. The van der Waals surface area contributed by atoms with E-state index in [0.29, 0.717) is 0 Å². The van der Waals surface area contributed by atoms with Crippen molar-refractivity contribution < 1.29 is 8.42 Å². The average Bonchev–Trinajstić information content (AvgIpc) is 2.26. The van der Waals surface area contributed by atoms with Crippen molar-refractivity contribution in [2.45, 2.75) is 5.03 Å². The lowest BCUT2D eigenvalue weighted by Crippen LogP contribution is -2.10. The van der Waals surface area contributed by atoms with Crippen LogP contribution in [0.1, 0.15) is 0 Å². The largest absolute Gasteiger partial charge is 0.382 e. The maximum atomic E-state index is 11.9. The fourth-order valence-corrected chi connectivity index (χ4v) is 2.16. The Labute approximate surface area is 94.6 Å². The van der Waals surface area contributed by atoms with Crippen molar-refractivity contribution >= 4 is 9.84 Å². The van der Waals surface area contributed by atoms with E-state index in [4.69, 9.17) is 5.26 Å². The van der Waals surface area contributed by atoms with Crippen LogP contribution in [0.25, 0.3) is 0 Å². The number of aromatic nitrogens is 1. The predicted octanol–water partition coefficient (Wildman–Crippen LogP) is 0.782. The molecule has 0 spiro atoms. The first-order valence-corrected chi connectivity index (χ1v) is 5.91. The summed E-state index contributed by atoms with van der Waals surface area (Å²) in [5, 5.41) is 8.70. The molecule has 0 saturated carbocycles. The molecule has 0 atom stereocenters. The number of allylic oxidation sites excluding steroid dienone is 1. The molecule has 0 aliphatic rings. The lowest BCUT2D eigenvalue weighted by molar-refractivity contribution is 0.558. The van der Waals surface area contributed by atoms with E-state index < -0.39 is 9.84 Å². The maximum Gasteiger partial charge on any atom is 0.235 e. The standard InChI is InChI=1S/C10H11N3O2S/c1-13(2)8-9(7-11)16(14,15)10-5-3-4-6-12-10/h3-6,8H,1-2H3/b9-8+. The second kappa shape index (κ2) is 4.77. The molecule has 0 unspecified atom stereocenters. The van der Waals surface area contributed by atoms with E-state index in [1.165, 1.54) is 23.4 Å². The smallest absolute Gasteiger partial charge is 0.235 e. The van der Waals surface area contributed by atoms with E-state index in [1.807, 2.05) is 0 Å². The summed E-state index contributed by atoms with van der Waals surface area (Å²) in [4.78, 5) is 4.90. The Balaban J connectivity index is 3.28. The third-order valence-electron chi connectivity index (χ3n) is 1.69. The van der Waals surface area contributed by atoms with Gasteiger partial charge in [0, 0.05) is 26.5 Å². The van der Waals surface area contributed by atoms with Crippen LogP contribution in [-0.4, -0.2) is 32.4 Å². The second-order valence-electron chi connectivity index (χ2n) is 3.24. The quantitative estimate of drug-likeness (QED) is 0.726. The normalized spacial score (nSPS) is 11.9. The molecule has 0 amide bonds. The van der Waals surface area contributed by atoms with Crippen LogP contribution in [0, 0.1) is 11.3 Å². The Morgan fingerprint density at radius 3 is 2.62 bits per heavy atom. The molecule has 0 bridgehead atoms. The molecule has 0 aliphatic heterocycles. The zero-order chi connectivity index (χ0) is 12.2. The van der Waals surface area contributed by atoms with Gasteiger partial charge in [-0.25, -0.2) is 13.4 Å². The molecule has 0 saturated heterocycles. The van der Waals surface area contributed by atoms with Crippen molar-refractivity contribution in [3.05, 3.63) is 35.5 Å². The van der Waals surface area contributed by atoms with Crippen LogP contribution in [0.3, 0.4) is 0 Å². The summed E-state index contributed by atoms with van der Waals surface area (Å²) >= 11 is 0. The van der Waals surface area contributed by atoms with Gasteiger partial charge in [0.15, 0.2) is 9.93 Å². The van der Waals surface area contributed by atoms with Crippen molar-refractivity contribution in [2.75, 3.05) is 14.1 Å². The van der Waals surface area contributed by atoms with Crippen molar-refractivity contribution in [2.24, 2.45) is 0 Å². The SMILES string of the molecule is CN(C)/C=C(\C#N)S(=O)(=O)c1ccccn1. The molecular weight excluding hydrogens is 226 g/mol. The molecule has 84 valence electrons. The third-order valence-corrected chi connectivity index (χ3v) is 3.26. The number of hydrogen-bond acceptors (Lipinski definition) is 5. The van der Waals surface area contributed by atoms with Gasteiger partial charge < -0.3 is 4.90 Å². The summed E-state index contributed by atoms with van der Waals surface area (Å²) in [5.41, 5.74) is 0. The van der Waals surface area contributed by atoms with Crippen LogP contribution in [0.4, 0.5) is 0 Å². The van der Waals surface area contributed by atoms with Gasteiger partial charge in [-0.2, -0.15) is 5.26 Å². The summed E-state index contributed by atoms with van der Waals surface area (Å²) < 4.78 is 23.8. The van der Waals surface area contributed by atoms with Crippen LogP contribution in [-0.2, 0) is 9.84 Å². The third kappa shape index (κ3) is 2.58. The van der Waals surface area contributed by atoms with Crippen LogP contribution in [0.2, 0.25) is 0 Å². The topological polar surface area (TPSA) is 74.1 Å². The summed E-state index contributed by atoms with van der Waals surface area (Å²) in [6.45, 7) is 0. The first-order valence-electron chi connectivity index (χ1n) is 4.43. The van der Waals surface area contributed by atoms with Gasteiger partial charge in [-0.1, -0.05) is 6.07 Å². The molecule has 0 aliphatic carbocycles. The number of nitriles is 1. The number of hydrogen-bond donors (Lipinski definition) is 0. The molecule has 0 aromatic carbocycles. The summed E-state index contributed by atoms with van der Waals surface area (Å²) in [6, 6.07) is 6.19. The number of pyridine rings is 1. The maximum absolute atomic E-state index is 11.9. The Hall–Kier alpha value is -1.87. The highest BCUT2D eigenvalue weighted by Crippen LogP contribution is 2.15. The molecule has 0 radical (unpaired) electrons. The lowest BCUT2D eigenvalue weighted by atomic mass is 10.5. The van der Waals surface area contributed by atoms with Crippen molar-refractivity contribution in [3.63, 3.8) is 0 Å². The molecular formula is C10H11N3O2S. The monoisotopic (exact) mass is 237 g/mol. The fourth-order valence-electron chi connectivity index (χ4n) is 1.01. The number of nitrogens with zero attached hydrogens (tertiary/aromatic N) is 3. The zero-order valence-corrected chi connectivity index (χ0v) is 9.77. The minimum Gasteiger partial charge on any atom is -0.382 e. The van der Waals surface area contributed by atoms with Gasteiger partial charge in [-0.15, -0.1) is 0 Å². The highest BCUT2D eigenvalue weighted by atomic mass is 32.2. The van der Waals surface area contributed by atoms with Gasteiger partial charge in [0.25, 0.3) is 0 Å². The number of sulfone groups is 1. The van der Waals surface area contributed by atoms with Crippen molar-refractivity contribution in [1.82, 2.24) is 9.88 Å². The summed E-state index contributed by atoms with van der Waals surface area (Å²) in [7, 11) is -0.511. The lowest BCUT2D eigenvalue weighted by Gasteiger charge is -2.06. The Bertz CT molecular complexity index is 527. The van der Waals surface area contributed by atoms with Crippen molar-refractivity contribution in [1.29, 1.82) is 5.26 Å². The molecule has 1 aromatic rings. The fraction of sp³-hybridized carbons (Fsp3) is 0.200. The van der Waals surface area contributed by atoms with Crippen LogP contribution >= 0.6 is 0 Å². The van der Waals surface area contributed by atoms with Gasteiger partial charge in [-0.05, 0) is 12.1 Å². The van der Waals surface area contributed by atoms with Gasteiger partial charge in [-0.3, -0.25) is 0 Å². The Morgan fingerprint density at radius 2 is 2.19 bits per heavy atom. The highest BCUT2D eigenvalue weighted by molar-refractivity contribution is 7.95. The molecule has 6 heteroatoms. The Kier molecular flexibility index (Phi) is 3.64. The van der Waals surface area contributed by atoms with Crippen LogP contribution in [0.5, 0.6) is 0 Å². The molecule has 1 heterocycles. The molecule has 0 N–H and O–H groups in total. The zero-order valence-electron chi connectivity index (χ0n) is 8.95. The molecule has 5 nitrogen and oxygen atoms in total. The van der Waals surface area contributed by atoms with Gasteiger partial charge in [0.2, 0.25) is 9.84 Å². The van der Waals surface area contributed by atoms with E-state index >= 15 is 0 Å². The minimum absolute atomic E-state index is 0.121. The van der Waals surface area contributed by atoms with Gasteiger partial charge in [0.1, 0.15) is 6.07 Å². The Morgan fingerprint density at radius 1 is 1.50 bits per heavy atom. The van der Waals surface area contributed by atoms with E-state index in [1.54, 1.807) is 32.3 Å². The molecule has 16 heavy (non-hydrogen) atoms. The van der Waals surface area contributed by atoms with Crippen molar-refractivity contribution in [3.8, 4) is 6.07 Å². The van der Waals surface area contributed by atoms with E-state index in [2.05, 4.69) is 4.98 Å². The average molecular weight is 237 g/mol. The highest BCUT2D eigenvalue weighted by Gasteiger charge is 2.21. The van der Waals surface area contributed by atoms with E-state index in [-0.39, 0.29) is 9.93 Å². The van der Waals surface area contributed by atoms with Gasteiger partial charge >= 0.3 is 0 Å². The van der Waals surface area contributed by atoms with E-state index in [9.17, 15) is 8.42 Å². The van der Waals surface area contributed by atoms with Gasteiger partial charge in [0.05, 0.1) is 0 Å². The minimum atomic E-state index is -3.80. The molecule has 1 rings (SSSR count). The van der Waals surface area contributed by atoms with Crippen LogP contribution in [0.15, 0.2) is 40.5 Å². The molecule has 1 aromatic heterocycles. The summed E-state index contributed by atoms with van der Waals surface area (Å²) in [6.07, 6.45) is 2.63. The predicted molar refractivity (Wildman–Crippen MR) is 58.8 cm³/mol. The molecule has 0 fully saturated rings. The van der Waals surface area contributed by atoms with E-state index in [0.717, 1.165) is 0 Å². The van der Waals surface area contributed by atoms with Crippen LogP contribution < -0.4 is 0 Å². The first-order chi connectivity index (χ1) is 7.48. The second-order valence-corrected chi connectivity index (χ2v) is 5.11. The summed E-state index contributed by atoms with van der Waals surface area (Å²) in [5.74, 6) is 0. The number of rotatable bonds is 3.